The predicted octanol–water partition coefficient (Wildman–Crippen LogP) is 7.23. The van der Waals surface area contributed by atoms with Crippen molar-refractivity contribution in [1.29, 1.82) is 0 Å². The number of amides is 2. The minimum Gasteiger partial charge on any atom is -0.496 e. The number of benzene rings is 1. The van der Waals surface area contributed by atoms with E-state index in [1.807, 2.05) is 23.2 Å². The molecule has 0 radical (unpaired) electrons. The van der Waals surface area contributed by atoms with Crippen molar-refractivity contribution in [3.8, 4) is 16.2 Å². The molecule has 0 spiro atoms. The molecule has 2 heterocycles. The summed E-state index contributed by atoms with van der Waals surface area (Å²) < 4.78 is 11.0. The summed E-state index contributed by atoms with van der Waals surface area (Å²) in [5.74, 6) is 2.82. The van der Waals surface area contributed by atoms with E-state index in [1.165, 1.54) is 5.56 Å². The molecule has 0 atom stereocenters. The molecule has 248 valence electrons. The zero-order valence-electron chi connectivity index (χ0n) is 27.5. The molecule has 2 fully saturated rings. The topological polar surface area (TPSA) is 114 Å². The van der Waals surface area contributed by atoms with Crippen LogP contribution in [0.2, 0.25) is 0 Å². The molecule has 2 aliphatic carbocycles. The fourth-order valence-electron chi connectivity index (χ4n) is 6.79. The second-order valence-electron chi connectivity index (χ2n) is 13.0. The SMILES string of the molecule is COc1ccc([C@H]2CC[C@H](CN(c3cc(-c4cnc(C(C)C)s4)ccn3)C(=O)[C@H]3CC[C@H](OC(=O)NCCO)CC3)CC2)cc1C. The Morgan fingerprint density at radius 3 is 2.46 bits per heavy atom. The number of hydrogen-bond donors (Lipinski definition) is 2. The first-order valence-electron chi connectivity index (χ1n) is 16.7. The van der Waals surface area contributed by atoms with E-state index in [1.54, 1.807) is 24.6 Å². The van der Waals surface area contributed by atoms with Crippen LogP contribution in [0.25, 0.3) is 10.4 Å². The van der Waals surface area contributed by atoms with Crippen LogP contribution in [0.1, 0.15) is 93.2 Å². The Labute approximate surface area is 276 Å². The van der Waals surface area contributed by atoms with Gasteiger partial charge in [-0.25, -0.2) is 14.8 Å². The number of hydrogen-bond acceptors (Lipinski definition) is 8. The van der Waals surface area contributed by atoms with Gasteiger partial charge in [-0.2, -0.15) is 0 Å². The highest BCUT2D eigenvalue weighted by molar-refractivity contribution is 7.15. The van der Waals surface area contributed by atoms with Crippen LogP contribution >= 0.6 is 11.3 Å². The molecule has 3 aromatic rings. The van der Waals surface area contributed by atoms with Gasteiger partial charge >= 0.3 is 6.09 Å². The molecule has 46 heavy (non-hydrogen) atoms. The van der Waals surface area contributed by atoms with E-state index in [9.17, 15) is 9.59 Å². The largest absolute Gasteiger partial charge is 0.496 e. The number of carbonyl (C=O) groups is 2. The lowest BCUT2D eigenvalue weighted by Gasteiger charge is -2.35. The van der Waals surface area contributed by atoms with Crippen LogP contribution in [0.5, 0.6) is 5.75 Å². The Morgan fingerprint density at radius 1 is 1.04 bits per heavy atom. The number of thiazole rings is 1. The predicted molar refractivity (Wildman–Crippen MR) is 182 cm³/mol. The summed E-state index contributed by atoms with van der Waals surface area (Å²) >= 11 is 1.69. The fraction of sp³-hybridized carbons (Fsp3) is 0.556. The second kappa shape index (κ2) is 15.9. The van der Waals surface area contributed by atoms with Gasteiger partial charge in [0.05, 0.1) is 23.6 Å². The summed E-state index contributed by atoms with van der Waals surface area (Å²) in [6.07, 6.45) is 9.84. The van der Waals surface area contributed by atoms with Crippen molar-refractivity contribution in [2.45, 2.75) is 90.1 Å². The minimum atomic E-state index is -0.518. The van der Waals surface area contributed by atoms with Crippen LogP contribution in [0, 0.1) is 18.8 Å². The molecule has 9 nitrogen and oxygen atoms in total. The molecule has 0 saturated heterocycles. The summed E-state index contributed by atoms with van der Waals surface area (Å²) in [5, 5.41) is 12.6. The van der Waals surface area contributed by atoms with Gasteiger partial charge in [-0.1, -0.05) is 26.0 Å². The molecule has 0 unspecified atom stereocenters. The average Bonchev–Trinajstić information content (AvgIpc) is 3.58. The lowest BCUT2D eigenvalue weighted by molar-refractivity contribution is -0.124. The summed E-state index contributed by atoms with van der Waals surface area (Å²) in [5.41, 5.74) is 3.56. The molecule has 2 aliphatic rings. The number of nitrogens with one attached hydrogen (secondary N) is 1. The maximum absolute atomic E-state index is 14.3. The summed E-state index contributed by atoms with van der Waals surface area (Å²) in [4.78, 5) is 38.7. The van der Waals surface area contributed by atoms with E-state index in [0.717, 1.165) is 52.4 Å². The number of nitrogens with zero attached hydrogens (tertiary/aromatic N) is 3. The molecule has 1 aromatic carbocycles. The first-order chi connectivity index (χ1) is 22.2. The van der Waals surface area contributed by atoms with E-state index >= 15 is 0 Å². The smallest absolute Gasteiger partial charge is 0.407 e. The molecule has 0 bridgehead atoms. The number of pyridine rings is 1. The van der Waals surface area contributed by atoms with Gasteiger partial charge in [0, 0.05) is 37.3 Å². The van der Waals surface area contributed by atoms with Gasteiger partial charge in [0.2, 0.25) is 5.91 Å². The number of aliphatic hydroxyl groups is 1. The highest BCUT2D eigenvalue weighted by Gasteiger charge is 2.34. The Morgan fingerprint density at radius 2 is 1.80 bits per heavy atom. The molecule has 10 heteroatoms. The van der Waals surface area contributed by atoms with Crippen molar-refractivity contribution in [2.75, 3.05) is 31.7 Å². The molecule has 2 aromatic heterocycles. The zero-order valence-corrected chi connectivity index (χ0v) is 28.4. The normalized spacial score (nSPS) is 21.5. The number of aromatic nitrogens is 2. The second-order valence-corrected chi connectivity index (χ2v) is 14.1. The van der Waals surface area contributed by atoms with Crippen LogP contribution in [-0.2, 0) is 9.53 Å². The van der Waals surface area contributed by atoms with Crippen LogP contribution in [-0.4, -0.2) is 60.0 Å². The van der Waals surface area contributed by atoms with Crippen LogP contribution in [0.15, 0.2) is 42.7 Å². The number of aliphatic hydroxyl groups excluding tert-OH is 1. The average molecular weight is 649 g/mol. The summed E-state index contributed by atoms with van der Waals surface area (Å²) in [6, 6.07) is 10.6. The van der Waals surface area contributed by atoms with Gasteiger partial charge in [-0.3, -0.25) is 9.69 Å². The molecule has 2 N–H and O–H groups in total. The zero-order chi connectivity index (χ0) is 32.6. The number of rotatable bonds is 11. The van der Waals surface area contributed by atoms with Gasteiger partial charge in [0.15, 0.2) is 0 Å². The van der Waals surface area contributed by atoms with Crippen LogP contribution in [0.3, 0.4) is 0 Å². The fourth-order valence-corrected chi connectivity index (χ4v) is 7.71. The van der Waals surface area contributed by atoms with Gasteiger partial charge in [-0.15, -0.1) is 11.3 Å². The van der Waals surface area contributed by atoms with E-state index in [0.29, 0.717) is 55.8 Å². The molecule has 5 rings (SSSR count). The Kier molecular flexibility index (Phi) is 11.7. The minimum absolute atomic E-state index is 0.105. The number of methoxy groups -OCH3 is 1. The number of ether oxygens (including phenoxy) is 2. The van der Waals surface area contributed by atoms with Crippen molar-refractivity contribution in [2.24, 2.45) is 11.8 Å². The molecule has 2 amide bonds. The lowest BCUT2D eigenvalue weighted by atomic mass is 9.78. The monoisotopic (exact) mass is 648 g/mol. The van der Waals surface area contributed by atoms with Crippen molar-refractivity contribution in [3.05, 3.63) is 58.9 Å². The number of anilines is 1. The third kappa shape index (κ3) is 8.45. The molecular formula is C36H48N4O5S. The highest BCUT2D eigenvalue weighted by Crippen LogP contribution is 2.39. The van der Waals surface area contributed by atoms with Crippen LogP contribution in [0.4, 0.5) is 10.6 Å². The standard InChI is InChI=1S/C36H48N4O5S/c1-23(2)34-39-21-32(46-34)29-15-16-37-33(20-29)40(35(42)27-9-12-30(13-10-27)45-36(43)38-17-18-41)22-25-5-7-26(8-6-25)28-11-14-31(44-4)24(3)19-28/h11,14-16,19-21,23,25-27,30,41H,5-10,12-13,17-18,22H2,1-4H3,(H,38,43)/t25-,26-,27-,30-. The van der Waals surface area contributed by atoms with E-state index in [-0.39, 0.29) is 31.1 Å². The van der Waals surface area contributed by atoms with Gasteiger partial charge in [0.25, 0.3) is 0 Å². The Hall–Kier alpha value is -3.50. The summed E-state index contributed by atoms with van der Waals surface area (Å²) in [6.45, 7) is 7.06. The number of carbonyl (C=O) groups excluding carboxylic acids is 2. The molecule has 0 aliphatic heterocycles. The molecule has 2 saturated carbocycles. The van der Waals surface area contributed by atoms with Crippen molar-refractivity contribution in [3.63, 3.8) is 0 Å². The third-order valence-electron chi connectivity index (χ3n) is 9.45. The maximum atomic E-state index is 14.3. The van der Waals surface area contributed by atoms with Crippen LogP contribution < -0.4 is 15.0 Å². The van der Waals surface area contributed by atoms with Crippen molar-refractivity contribution >= 4 is 29.2 Å². The molecular weight excluding hydrogens is 600 g/mol. The number of aryl methyl sites for hydroxylation is 1. The quantitative estimate of drug-likeness (QED) is 0.226. The number of alkyl carbamates (subject to hydrolysis) is 1. The summed E-state index contributed by atoms with van der Waals surface area (Å²) in [7, 11) is 1.71. The van der Waals surface area contributed by atoms with Gasteiger partial charge in [-0.05, 0) is 105 Å². The van der Waals surface area contributed by atoms with Crippen molar-refractivity contribution in [1.82, 2.24) is 15.3 Å². The Bertz CT molecular complexity index is 1460. The van der Waals surface area contributed by atoms with Crippen molar-refractivity contribution < 1.29 is 24.2 Å². The van der Waals surface area contributed by atoms with E-state index in [2.05, 4.69) is 49.3 Å². The van der Waals surface area contributed by atoms with Gasteiger partial charge in [0.1, 0.15) is 17.7 Å². The first kappa shape index (κ1) is 33.9. The van der Waals surface area contributed by atoms with E-state index in [4.69, 9.17) is 19.6 Å². The maximum Gasteiger partial charge on any atom is 0.407 e. The lowest BCUT2D eigenvalue weighted by Crippen LogP contribution is -2.42. The highest BCUT2D eigenvalue weighted by atomic mass is 32.1. The third-order valence-corrected chi connectivity index (χ3v) is 10.8. The Balaban J connectivity index is 1.30. The van der Waals surface area contributed by atoms with E-state index < -0.39 is 6.09 Å². The first-order valence-corrected chi connectivity index (χ1v) is 17.5. The van der Waals surface area contributed by atoms with Gasteiger partial charge < -0.3 is 19.9 Å².